The fourth-order valence-corrected chi connectivity index (χ4v) is 4.18. The van der Waals surface area contributed by atoms with Gasteiger partial charge in [-0.15, -0.1) is 0 Å². The number of fused-ring (bicyclic) bond motifs is 1. The first-order valence-corrected chi connectivity index (χ1v) is 12.0. The maximum atomic E-state index is 13.2. The predicted octanol–water partition coefficient (Wildman–Crippen LogP) is 3.38. The number of rotatable bonds is 6. The van der Waals surface area contributed by atoms with Crippen molar-refractivity contribution < 1.29 is 27.5 Å². The summed E-state index contributed by atoms with van der Waals surface area (Å²) in [4.78, 5) is 27.4. The first kappa shape index (κ1) is 22.3. The molecule has 3 aromatic rings. The van der Waals surface area contributed by atoms with Crippen LogP contribution >= 0.6 is 0 Å². The highest BCUT2D eigenvalue weighted by molar-refractivity contribution is 7.92. The summed E-state index contributed by atoms with van der Waals surface area (Å²) in [5.41, 5.74) is 1.84. The van der Waals surface area contributed by atoms with E-state index in [4.69, 9.17) is 9.47 Å². The molecule has 0 spiro atoms. The maximum absolute atomic E-state index is 13.2. The molecule has 0 aliphatic carbocycles. The Labute approximate surface area is 191 Å². The van der Waals surface area contributed by atoms with Crippen LogP contribution in [0.1, 0.15) is 22.0 Å². The molecule has 1 N–H and O–H groups in total. The summed E-state index contributed by atoms with van der Waals surface area (Å²) in [5, 5.41) is 0. The van der Waals surface area contributed by atoms with Gasteiger partial charge in [0.15, 0.2) is 6.61 Å². The van der Waals surface area contributed by atoms with Gasteiger partial charge in [-0.2, -0.15) is 0 Å². The Morgan fingerprint density at radius 1 is 1.03 bits per heavy atom. The Bertz CT molecular complexity index is 1280. The van der Waals surface area contributed by atoms with E-state index in [0.717, 1.165) is 11.8 Å². The molecule has 8 nitrogen and oxygen atoms in total. The number of carbonyl (C=O) groups excluding carboxylic acids is 2. The van der Waals surface area contributed by atoms with Gasteiger partial charge in [0, 0.05) is 5.69 Å². The number of sulfonamides is 1. The average Bonchev–Trinajstić information content (AvgIpc) is 2.81. The van der Waals surface area contributed by atoms with Gasteiger partial charge in [-0.1, -0.05) is 48.5 Å². The van der Waals surface area contributed by atoms with E-state index in [1.807, 2.05) is 42.5 Å². The minimum absolute atomic E-state index is 0.124. The van der Waals surface area contributed by atoms with Gasteiger partial charge < -0.3 is 9.47 Å². The lowest BCUT2D eigenvalue weighted by molar-refractivity contribution is -0.122. The molecule has 0 radical (unpaired) electrons. The number of nitrogens with one attached hydrogen (secondary N) is 1. The van der Waals surface area contributed by atoms with Gasteiger partial charge in [-0.3, -0.25) is 14.4 Å². The van der Waals surface area contributed by atoms with Crippen LogP contribution < -0.4 is 14.4 Å². The monoisotopic (exact) mass is 466 g/mol. The van der Waals surface area contributed by atoms with Gasteiger partial charge in [0.2, 0.25) is 10.0 Å². The molecule has 1 unspecified atom stereocenters. The summed E-state index contributed by atoms with van der Waals surface area (Å²) >= 11 is 0. The summed E-state index contributed by atoms with van der Waals surface area (Å²) in [5.74, 6) is -0.569. The lowest BCUT2D eigenvalue weighted by Crippen LogP contribution is -2.43. The van der Waals surface area contributed by atoms with E-state index >= 15 is 0 Å². The minimum atomic E-state index is -3.50. The SMILES string of the molecule is CS(=O)(=O)Nc1cccc(C(=O)OCC(=O)N2c3ccccc3OCC2c2ccccc2)c1. The Hall–Kier alpha value is -3.85. The van der Waals surface area contributed by atoms with Crippen molar-refractivity contribution in [2.24, 2.45) is 0 Å². The molecule has 33 heavy (non-hydrogen) atoms. The molecule has 4 rings (SSSR count). The number of esters is 1. The number of ether oxygens (including phenoxy) is 2. The van der Waals surface area contributed by atoms with Gasteiger partial charge in [0.25, 0.3) is 5.91 Å². The highest BCUT2D eigenvalue weighted by atomic mass is 32.2. The molecule has 9 heteroatoms. The van der Waals surface area contributed by atoms with Crippen molar-refractivity contribution in [2.45, 2.75) is 6.04 Å². The Kier molecular flexibility index (Phi) is 6.32. The fourth-order valence-electron chi connectivity index (χ4n) is 3.62. The van der Waals surface area contributed by atoms with Gasteiger partial charge in [0.05, 0.1) is 23.5 Å². The molecule has 1 atom stereocenters. The molecule has 0 bridgehead atoms. The fraction of sp³-hybridized carbons (Fsp3) is 0.167. The van der Waals surface area contributed by atoms with Crippen LogP contribution in [0.3, 0.4) is 0 Å². The minimum Gasteiger partial charge on any atom is -0.489 e. The second kappa shape index (κ2) is 9.33. The lowest BCUT2D eigenvalue weighted by Gasteiger charge is -2.37. The molecule has 0 aromatic heterocycles. The van der Waals surface area contributed by atoms with Crippen LogP contribution in [0.2, 0.25) is 0 Å². The number of hydrogen-bond acceptors (Lipinski definition) is 6. The number of hydrogen-bond donors (Lipinski definition) is 1. The van der Waals surface area contributed by atoms with E-state index in [1.165, 1.54) is 24.3 Å². The smallest absolute Gasteiger partial charge is 0.338 e. The van der Waals surface area contributed by atoms with Crippen LogP contribution in [-0.4, -0.2) is 39.8 Å². The standard InChI is InChI=1S/C24H22N2O6S/c1-33(29,30)25-19-11-7-10-18(14-19)24(28)32-16-23(27)26-20-12-5-6-13-22(20)31-15-21(26)17-8-3-2-4-9-17/h2-14,21,25H,15-16H2,1H3. The molecule has 1 heterocycles. The highest BCUT2D eigenvalue weighted by Crippen LogP contribution is 2.39. The van der Waals surface area contributed by atoms with Crippen LogP contribution in [0.15, 0.2) is 78.9 Å². The summed E-state index contributed by atoms with van der Waals surface area (Å²) < 4.78 is 36.3. The van der Waals surface area contributed by atoms with Crippen molar-refractivity contribution >= 4 is 33.3 Å². The van der Waals surface area contributed by atoms with Crippen molar-refractivity contribution in [3.63, 3.8) is 0 Å². The molecule has 0 saturated carbocycles. The summed E-state index contributed by atoms with van der Waals surface area (Å²) in [6.07, 6.45) is 1.01. The second-order valence-corrected chi connectivity index (χ2v) is 9.25. The summed E-state index contributed by atoms with van der Waals surface area (Å²) in [6, 6.07) is 22.2. The van der Waals surface area contributed by atoms with Gasteiger partial charge in [-0.05, 0) is 35.9 Å². The molecule has 170 valence electrons. The van der Waals surface area contributed by atoms with Gasteiger partial charge >= 0.3 is 5.97 Å². The average molecular weight is 467 g/mol. The molecule has 0 saturated heterocycles. The zero-order valence-electron chi connectivity index (χ0n) is 17.8. The molecule has 0 fully saturated rings. The van der Waals surface area contributed by atoms with Crippen molar-refractivity contribution in [1.29, 1.82) is 0 Å². The zero-order valence-corrected chi connectivity index (χ0v) is 18.6. The number of anilines is 2. The zero-order chi connectivity index (χ0) is 23.4. The predicted molar refractivity (Wildman–Crippen MR) is 124 cm³/mol. The number of amides is 1. The Morgan fingerprint density at radius 3 is 2.52 bits per heavy atom. The van der Waals surface area contributed by atoms with E-state index < -0.39 is 28.5 Å². The van der Waals surface area contributed by atoms with E-state index in [2.05, 4.69) is 4.72 Å². The molecule has 3 aromatic carbocycles. The van der Waals surface area contributed by atoms with Crippen molar-refractivity contribution in [3.8, 4) is 5.75 Å². The third kappa shape index (κ3) is 5.32. The lowest BCUT2D eigenvalue weighted by atomic mass is 10.0. The third-order valence-electron chi connectivity index (χ3n) is 5.01. The first-order valence-electron chi connectivity index (χ1n) is 10.2. The number of para-hydroxylation sites is 2. The molecule has 1 aliphatic rings. The molecule has 1 aliphatic heterocycles. The van der Waals surface area contributed by atoms with Crippen LogP contribution in [-0.2, 0) is 19.6 Å². The second-order valence-electron chi connectivity index (χ2n) is 7.50. The first-order chi connectivity index (χ1) is 15.8. The quantitative estimate of drug-likeness (QED) is 0.559. The molecule has 1 amide bonds. The van der Waals surface area contributed by atoms with E-state index in [0.29, 0.717) is 11.4 Å². The van der Waals surface area contributed by atoms with Gasteiger partial charge in [-0.25, -0.2) is 13.2 Å². The van der Waals surface area contributed by atoms with Gasteiger partial charge in [0.1, 0.15) is 12.4 Å². The third-order valence-corrected chi connectivity index (χ3v) is 5.62. The number of benzene rings is 3. The maximum Gasteiger partial charge on any atom is 0.338 e. The van der Waals surface area contributed by atoms with E-state index in [1.54, 1.807) is 17.0 Å². The Morgan fingerprint density at radius 2 is 1.76 bits per heavy atom. The number of carbonyl (C=O) groups is 2. The normalized spacial score (nSPS) is 15.2. The van der Waals surface area contributed by atoms with Crippen molar-refractivity contribution in [1.82, 2.24) is 0 Å². The highest BCUT2D eigenvalue weighted by Gasteiger charge is 2.33. The largest absolute Gasteiger partial charge is 0.489 e. The molecular weight excluding hydrogens is 444 g/mol. The van der Waals surface area contributed by atoms with Crippen LogP contribution in [0, 0.1) is 0 Å². The van der Waals surface area contributed by atoms with Crippen molar-refractivity contribution in [2.75, 3.05) is 29.1 Å². The molecular formula is C24H22N2O6S. The summed E-state index contributed by atoms with van der Waals surface area (Å²) in [7, 11) is -3.50. The van der Waals surface area contributed by atoms with E-state index in [9.17, 15) is 18.0 Å². The topological polar surface area (TPSA) is 102 Å². The van der Waals surface area contributed by atoms with Crippen molar-refractivity contribution in [3.05, 3.63) is 90.0 Å². The van der Waals surface area contributed by atoms with E-state index in [-0.39, 0.29) is 23.9 Å². The van der Waals surface area contributed by atoms with Crippen LogP contribution in [0.4, 0.5) is 11.4 Å². The van der Waals surface area contributed by atoms with Crippen LogP contribution in [0.25, 0.3) is 0 Å². The van der Waals surface area contributed by atoms with Crippen LogP contribution in [0.5, 0.6) is 5.75 Å². The number of nitrogens with zero attached hydrogens (tertiary/aromatic N) is 1. The summed E-state index contributed by atoms with van der Waals surface area (Å²) in [6.45, 7) is -0.222. The Balaban J connectivity index is 1.53.